The van der Waals surface area contributed by atoms with Gasteiger partial charge in [0, 0.05) is 6.42 Å². The molecular weight excluding hydrogens is 290 g/mol. The summed E-state index contributed by atoms with van der Waals surface area (Å²) in [6.45, 7) is 3.98. The van der Waals surface area contributed by atoms with Gasteiger partial charge >= 0.3 is 5.97 Å². The average Bonchev–Trinajstić information content (AvgIpc) is 2.46. The number of carbonyl (C=O) groups is 1. The van der Waals surface area contributed by atoms with Crippen LogP contribution in [0.4, 0.5) is 5.69 Å². The van der Waals surface area contributed by atoms with Gasteiger partial charge in [-0.3, -0.25) is 9.52 Å². The fourth-order valence-corrected chi connectivity index (χ4v) is 3.29. The minimum absolute atomic E-state index is 0.0939. The number of sulfonamides is 1. The third-order valence-electron chi connectivity index (χ3n) is 3.28. The molecular formula is C15H23NO4S. The smallest absolute Gasteiger partial charge is 0.305 e. The van der Waals surface area contributed by atoms with Gasteiger partial charge in [-0.25, -0.2) is 8.42 Å². The van der Waals surface area contributed by atoms with Crippen LogP contribution in [0, 0.1) is 0 Å². The molecule has 1 aromatic rings. The van der Waals surface area contributed by atoms with Gasteiger partial charge in [-0.05, 0) is 30.4 Å². The second-order valence-corrected chi connectivity index (χ2v) is 6.60. The molecule has 0 amide bonds. The van der Waals surface area contributed by atoms with Crippen molar-refractivity contribution in [2.75, 3.05) is 17.6 Å². The number of ether oxygens (including phenoxy) is 1. The predicted octanol–water partition coefficient (Wildman–Crippen LogP) is 2.51. The Morgan fingerprint density at radius 1 is 1.19 bits per heavy atom. The molecule has 1 aromatic carbocycles. The van der Waals surface area contributed by atoms with Gasteiger partial charge in [0.1, 0.15) is 0 Å². The Morgan fingerprint density at radius 2 is 1.76 bits per heavy atom. The normalized spacial score (nSPS) is 11.2. The number of hydrogen-bond acceptors (Lipinski definition) is 4. The highest BCUT2D eigenvalue weighted by molar-refractivity contribution is 7.92. The summed E-state index contributed by atoms with van der Waals surface area (Å²) < 4.78 is 31.5. The van der Waals surface area contributed by atoms with E-state index in [1.165, 1.54) is 7.11 Å². The van der Waals surface area contributed by atoms with Crippen molar-refractivity contribution in [2.24, 2.45) is 0 Å². The van der Waals surface area contributed by atoms with E-state index < -0.39 is 16.0 Å². The molecule has 0 fully saturated rings. The molecule has 0 spiro atoms. The summed E-state index contributed by atoms with van der Waals surface area (Å²) in [4.78, 5) is 11.0. The molecule has 0 aliphatic carbocycles. The SMILES string of the molecule is CCc1cccc(CC)c1NS(=O)(=O)CCCC(=O)OC. The van der Waals surface area contributed by atoms with E-state index in [2.05, 4.69) is 9.46 Å². The number of benzene rings is 1. The van der Waals surface area contributed by atoms with E-state index in [-0.39, 0.29) is 18.6 Å². The molecule has 21 heavy (non-hydrogen) atoms. The fourth-order valence-electron chi connectivity index (χ4n) is 2.09. The highest BCUT2D eigenvalue weighted by atomic mass is 32.2. The molecule has 5 nitrogen and oxygen atoms in total. The number of para-hydroxylation sites is 1. The van der Waals surface area contributed by atoms with Crippen LogP contribution in [0.1, 0.15) is 37.8 Å². The van der Waals surface area contributed by atoms with Crippen LogP contribution >= 0.6 is 0 Å². The number of aryl methyl sites for hydroxylation is 2. The first-order valence-electron chi connectivity index (χ1n) is 7.11. The molecule has 6 heteroatoms. The largest absolute Gasteiger partial charge is 0.469 e. The van der Waals surface area contributed by atoms with Gasteiger partial charge in [0.05, 0.1) is 18.6 Å². The minimum Gasteiger partial charge on any atom is -0.469 e. The van der Waals surface area contributed by atoms with E-state index in [0.29, 0.717) is 5.69 Å². The molecule has 0 aliphatic rings. The summed E-state index contributed by atoms with van der Waals surface area (Å²) >= 11 is 0. The topological polar surface area (TPSA) is 72.5 Å². The molecule has 1 N–H and O–H groups in total. The maximum absolute atomic E-state index is 12.1. The van der Waals surface area contributed by atoms with Crippen molar-refractivity contribution in [1.82, 2.24) is 0 Å². The van der Waals surface area contributed by atoms with Gasteiger partial charge in [-0.2, -0.15) is 0 Å². The third kappa shape index (κ3) is 5.38. The maximum Gasteiger partial charge on any atom is 0.305 e. The van der Waals surface area contributed by atoms with Crippen molar-refractivity contribution < 1.29 is 17.9 Å². The van der Waals surface area contributed by atoms with Gasteiger partial charge in [0.25, 0.3) is 0 Å². The van der Waals surface area contributed by atoms with Crippen LogP contribution in [-0.4, -0.2) is 27.2 Å². The molecule has 1 rings (SSSR count). The van der Waals surface area contributed by atoms with Crippen LogP contribution in [0.15, 0.2) is 18.2 Å². The number of anilines is 1. The molecule has 0 aliphatic heterocycles. The maximum atomic E-state index is 12.1. The molecule has 0 bridgehead atoms. The Kier molecular flexibility index (Phi) is 6.68. The highest BCUT2D eigenvalue weighted by Crippen LogP contribution is 2.24. The number of methoxy groups -OCH3 is 1. The van der Waals surface area contributed by atoms with Crippen molar-refractivity contribution in [2.45, 2.75) is 39.5 Å². The monoisotopic (exact) mass is 313 g/mol. The van der Waals surface area contributed by atoms with E-state index in [1.54, 1.807) is 0 Å². The van der Waals surface area contributed by atoms with Gasteiger partial charge < -0.3 is 4.74 Å². The summed E-state index contributed by atoms with van der Waals surface area (Å²) in [6.07, 6.45) is 1.87. The summed E-state index contributed by atoms with van der Waals surface area (Å²) in [6, 6.07) is 5.78. The molecule has 0 radical (unpaired) electrons. The first kappa shape index (κ1) is 17.5. The predicted molar refractivity (Wildman–Crippen MR) is 83.9 cm³/mol. The van der Waals surface area contributed by atoms with Crippen LogP contribution in [0.3, 0.4) is 0 Å². The van der Waals surface area contributed by atoms with Crippen molar-refractivity contribution in [3.63, 3.8) is 0 Å². The lowest BCUT2D eigenvalue weighted by atomic mass is 10.0. The average molecular weight is 313 g/mol. The number of esters is 1. The molecule has 118 valence electrons. The van der Waals surface area contributed by atoms with Crippen molar-refractivity contribution in [3.8, 4) is 0 Å². The number of hydrogen-bond donors (Lipinski definition) is 1. The van der Waals surface area contributed by atoms with Gasteiger partial charge in [0.15, 0.2) is 0 Å². The quantitative estimate of drug-likeness (QED) is 0.748. The Hall–Kier alpha value is -1.56. The minimum atomic E-state index is -3.46. The standard InChI is InChI=1S/C15H23NO4S/c1-4-12-8-6-9-13(5-2)15(12)16-21(18,19)11-7-10-14(17)20-3/h6,8-9,16H,4-5,7,10-11H2,1-3H3. The fraction of sp³-hybridized carbons (Fsp3) is 0.533. The molecule has 0 unspecified atom stereocenters. The van der Waals surface area contributed by atoms with E-state index in [4.69, 9.17) is 0 Å². The molecule has 0 saturated heterocycles. The zero-order chi connectivity index (χ0) is 15.9. The second kappa shape index (κ2) is 8.02. The van der Waals surface area contributed by atoms with Crippen LogP contribution in [0.2, 0.25) is 0 Å². The first-order valence-corrected chi connectivity index (χ1v) is 8.76. The molecule has 0 heterocycles. The van der Waals surface area contributed by atoms with Crippen molar-refractivity contribution in [1.29, 1.82) is 0 Å². The van der Waals surface area contributed by atoms with E-state index in [1.807, 2.05) is 32.0 Å². The van der Waals surface area contributed by atoms with Crippen LogP contribution in [0.5, 0.6) is 0 Å². The first-order chi connectivity index (χ1) is 9.93. The lowest BCUT2D eigenvalue weighted by Gasteiger charge is -2.15. The van der Waals surface area contributed by atoms with Crippen LogP contribution < -0.4 is 4.72 Å². The van der Waals surface area contributed by atoms with Gasteiger partial charge in [-0.1, -0.05) is 32.0 Å². The summed E-state index contributed by atoms with van der Waals surface area (Å²) in [5.41, 5.74) is 2.64. The van der Waals surface area contributed by atoms with Gasteiger partial charge in [-0.15, -0.1) is 0 Å². The number of nitrogens with one attached hydrogen (secondary N) is 1. The van der Waals surface area contributed by atoms with E-state index in [9.17, 15) is 13.2 Å². The summed E-state index contributed by atoms with van der Waals surface area (Å²) in [7, 11) is -2.17. The lowest BCUT2D eigenvalue weighted by molar-refractivity contribution is -0.140. The zero-order valence-electron chi connectivity index (χ0n) is 12.8. The van der Waals surface area contributed by atoms with Crippen molar-refractivity contribution in [3.05, 3.63) is 29.3 Å². The Balaban J connectivity index is 2.81. The molecule has 0 saturated carbocycles. The Morgan fingerprint density at radius 3 is 2.24 bits per heavy atom. The van der Waals surface area contributed by atoms with Gasteiger partial charge in [0.2, 0.25) is 10.0 Å². The van der Waals surface area contributed by atoms with E-state index >= 15 is 0 Å². The molecule has 0 atom stereocenters. The Bertz CT molecular complexity index is 559. The summed E-state index contributed by atoms with van der Waals surface area (Å²) in [5, 5.41) is 0. The lowest BCUT2D eigenvalue weighted by Crippen LogP contribution is -2.19. The molecule has 0 aromatic heterocycles. The Labute approximate surface area is 126 Å². The van der Waals surface area contributed by atoms with Crippen LogP contribution in [0.25, 0.3) is 0 Å². The zero-order valence-corrected chi connectivity index (χ0v) is 13.6. The second-order valence-electron chi connectivity index (χ2n) is 4.76. The van der Waals surface area contributed by atoms with E-state index in [0.717, 1.165) is 24.0 Å². The third-order valence-corrected chi connectivity index (χ3v) is 4.62. The number of carbonyl (C=O) groups excluding carboxylic acids is 1. The summed E-state index contributed by atoms with van der Waals surface area (Å²) in [5.74, 6) is -0.489. The highest BCUT2D eigenvalue weighted by Gasteiger charge is 2.15. The number of rotatable bonds is 8. The van der Waals surface area contributed by atoms with Crippen molar-refractivity contribution >= 4 is 21.7 Å². The van der Waals surface area contributed by atoms with Crippen LogP contribution in [-0.2, 0) is 32.4 Å².